The van der Waals surface area contributed by atoms with Crippen molar-refractivity contribution < 1.29 is 9.59 Å². The Bertz CT molecular complexity index is 587. The molecular weight excluding hydrogens is 328 g/mol. The van der Waals surface area contributed by atoms with Crippen molar-refractivity contribution in [3.8, 4) is 0 Å². The van der Waals surface area contributed by atoms with E-state index >= 15 is 0 Å². The van der Waals surface area contributed by atoms with Gasteiger partial charge in [-0.1, -0.05) is 32.9 Å². The summed E-state index contributed by atoms with van der Waals surface area (Å²) in [6.07, 6.45) is 0.961. The van der Waals surface area contributed by atoms with Gasteiger partial charge in [-0.3, -0.25) is 9.59 Å². The SMILES string of the molecule is CC(C)(C)C(=O)NCc1ccc(C(=O)NCCCN2CCNCC2)cc1. The van der Waals surface area contributed by atoms with Crippen LogP contribution in [0.15, 0.2) is 24.3 Å². The molecule has 1 aliphatic heterocycles. The Labute approximate surface area is 156 Å². The maximum Gasteiger partial charge on any atom is 0.251 e. The molecule has 1 aliphatic rings. The van der Waals surface area contributed by atoms with E-state index in [0.717, 1.165) is 44.7 Å². The molecule has 0 atom stereocenters. The third-order valence-corrected chi connectivity index (χ3v) is 4.50. The van der Waals surface area contributed by atoms with Crippen LogP contribution in [0.4, 0.5) is 0 Å². The number of rotatable bonds is 7. The third-order valence-electron chi connectivity index (χ3n) is 4.50. The predicted octanol–water partition coefficient (Wildman–Crippen LogP) is 1.37. The molecule has 0 bridgehead atoms. The van der Waals surface area contributed by atoms with E-state index in [1.54, 1.807) is 0 Å². The first kappa shape index (κ1) is 20.4. The van der Waals surface area contributed by atoms with Crippen molar-refractivity contribution >= 4 is 11.8 Å². The molecule has 0 radical (unpaired) electrons. The Balaban J connectivity index is 1.69. The summed E-state index contributed by atoms with van der Waals surface area (Å²) in [5.74, 6) is -0.0283. The molecular formula is C20H32N4O2. The van der Waals surface area contributed by atoms with Gasteiger partial charge in [0.05, 0.1) is 0 Å². The monoisotopic (exact) mass is 360 g/mol. The van der Waals surface area contributed by atoms with Gasteiger partial charge in [0.1, 0.15) is 0 Å². The Kier molecular flexibility index (Phi) is 7.60. The topological polar surface area (TPSA) is 73.5 Å². The molecule has 2 rings (SSSR count). The van der Waals surface area contributed by atoms with E-state index in [0.29, 0.717) is 18.7 Å². The van der Waals surface area contributed by atoms with Crippen molar-refractivity contribution in [2.24, 2.45) is 5.41 Å². The zero-order valence-electron chi connectivity index (χ0n) is 16.2. The molecule has 0 aromatic heterocycles. The van der Waals surface area contributed by atoms with Crippen LogP contribution in [0.25, 0.3) is 0 Å². The van der Waals surface area contributed by atoms with Crippen LogP contribution in [0, 0.1) is 5.41 Å². The number of nitrogens with one attached hydrogen (secondary N) is 3. The van der Waals surface area contributed by atoms with Gasteiger partial charge < -0.3 is 20.9 Å². The smallest absolute Gasteiger partial charge is 0.251 e. The van der Waals surface area contributed by atoms with Crippen LogP contribution < -0.4 is 16.0 Å². The summed E-state index contributed by atoms with van der Waals surface area (Å²) in [6, 6.07) is 7.39. The number of carbonyl (C=O) groups excluding carboxylic acids is 2. The van der Waals surface area contributed by atoms with Crippen molar-refractivity contribution in [2.45, 2.75) is 33.7 Å². The van der Waals surface area contributed by atoms with Gasteiger partial charge in [0.15, 0.2) is 0 Å². The van der Waals surface area contributed by atoms with Crippen molar-refractivity contribution in [3.63, 3.8) is 0 Å². The van der Waals surface area contributed by atoms with E-state index in [1.165, 1.54) is 0 Å². The molecule has 1 aromatic rings. The summed E-state index contributed by atoms with van der Waals surface area (Å²) in [4.78, 5) is 26.5. The summed E-state index contributed by atoms with van der Waals surface area (Å²) in [5, 5.41) is 9.23. The number of piperazine rings is 1. The lowest BCUT2D eigenvalue weighted by Crippen LogP contribution is -2.44. The van der Waals surface area contributed by atoms with E-state index in [-0.39, 0.29) is 11.8 Å². The Morgan fingerprint density at radius 1 is 1.08 bits per heavy atom. The standard InChI is InChI=1S/C20H32N4O2/c1-20(2,3)19(26)23-15-16-5-7-17(8-6-16)18(25)22-9-4-12-24-13-10-21-11-14-24/h5-8,21H,4,9-15H2,1-3H3,(H,22,25)(H,23,26). The normalized spacial score (nSPS) is 15.5. The maximum absolute atomic E-state index is 12.2. The molecule has 1 fully saturated rings. The molecule has 2 amide bonds. The van der Waals surface area contributed by atoms with Crippen LogP contribution in [0.3, 0.4) is 0 Å². The lowest BCUT2D eigenvalue weighted by Gasteiger charge is -2.27. The highest BCUT2D eigenvalue weighted by Gasteiger charge is 2.20. The van der Waals surface area contributed by atoms with Gasteiger partial charge in [-0.2, -0.15) is 0 Å². The largest absolute Gasteiger partial charge is 0.352 e. The van der Waals surface area contributed by atoms with Gasteiger partial charge in [0, 0.05) is 50.2 Å². The lowest BCUT2D eigenvalue weighted by molar-refractivity contribution is -0.128. The predicted molar refractivity (Wildman–Crippen MR) is 104 cm³/mol. The number of benzene rings is 1. The fourth-order valence-corrected chi connectivity index (χ4v) is 2.76. The minimum Gasteiger partial charge on any atom is -0.352 e. The second-order valence-corrected chi connectivity index (χ2v) is 7.83. The minimum absolute atomic E-state index is 0.0174. The van der Waals surface area contributed by atoms with Crippen molar-refractivity contribution in [2.75, 3.05) is 39.3 Å². The summed E-state index contributed by atoms with van der Waals surface area (Å²) >= 11 is 0. The minimum atomic E-state index is -0.398. The van der Waals surface area contributed by atoms with Gasteiger partial charge >= 0.3 is 0 Å². The first-order valence-electron chi connectivity index (χ1n) is 9.45. The van der Waals surface area contributed by atoms with E-state index in [9.17, 15) is 9.59 Å². The van der Waals surface area contributed by atoms with E-state index in [4.69, 9.17) is 0 Å². The Morgan fingerprint density at radius 3 is 2.35 bits per heavy atom. The highest BCUT2D eigenvalue weighted by molar-refractivity contribution is 5.94. The average molecular weight is 361 g/mol. The molecule has 26 heavy (non-hydrogen) atoms. The van der Waals surface area contributed by atoms with Gasteiger partial charge in [0.25, 0.3) is 5.91 Å². The first-order chi connectivity index (χ1) is 12.4. The molecule has 0 unspecified atom stereocenters. The van der Waals surface area contributed by atoms with Gasteiger partial charge in [0.2, 0.25) is 5.91 Å². The number of carbonyl (C=O) groups is 2. The third kappa shape index (κ3) is 6.77. The quantitative estimate of drug-likeness (QED) is 0.642. The molecule has 0 saturated carbocycles. The molecule has 0 aliphatic carbocycles. The molecule has 1 aromatic carbocycles. The number of nitrogens with zero attached hydrogens (tertiary/aromatic N) is 1. The van der Waals surface area contributed by atoms with Crippen LogP contribution in [-0.4, -0.2) is 56.0 Å². The zero-order chi connectivity index (χ0) is 19.0. The summed E-state index contributed by atoms with van der Waals surface area (Å²) < 4.78 is 0. The molecule has 1 saturated heterocycles. The van der Waals surface area contributed by atoms with E-state index in [2.05, 4.69) is 20.9 Å². The van der Waals surface area contributed by atoms with Crippen LogP contribution in [0.1, 0.15) is 43.1 Å². The molecule has 0 spiro atoms. The summed E-state index contributed by atoms with van der Waals surface area (Å²) in [5.41, 5.74) is 1.24. The second-order valence-electron chi connectivity index (χ2n) is 7.83. The fraction of sp³-hybridized carbons (Fsp3) is 0.600. The molecule has 144 valence electrons. The zero-order valence-corrected chi connectivity index (χ0v) is 16.2. The maximum atomic E-state index is 12.2. The van der Waals surface area contributed by atoms with Crippen LogP contribution in [0.2, 0.25) is 0 Å². The fourth-order valence-electron chi connectivity index (χ4n) is 2.76. The highest BCUT2D eigenvalue weighted by Crippen LogP contribution is 2.13. The molecule has 6 heteroatoms. The molecule has 1 heterocycles. The molecule has 3 N–H and O–H groups in total. The van der Waals surface area contributed by atoms with E-state index in [1.807, 2.05) is 45.0 Å². The number of hydrogen-bond donors (Lipinski definition) is 3. The number of amides is 2. The summed E-state index contributed by atoms with van der Waals surface area (Å²) in [6.45, 7) is 12.1. The Morgan fingerprint density at radius 2 is 1.73 bits per heavy atom. The highest BCUT2D eigenvalue weighted by atomic mass is 16.2. The van der Waals surface area contributed by atoms with Crippen LogP contribution in [-0.2, 0) is 11.3 Å². The van der Waals surface area contributed by atoms with Gasteiger partial charge in [-0.25, -0.2) is 0 Å². The van der Waals surface area contributed by atoms with Gasteiger partial charge in [-0.15, -0.1) is 0 Å². The first-order valence-corrected chi connectivity index (χ1v) is 9.45. The average Bonchev–Trinajstić information content (AvgIpc) is 2.63. The second kappa shape index (κ2) is 9.69. The van der Waals surface area contributed by atoms with Crippen LogP contribution in [0.5, 0.6) is 0 Å². The van der Waals surface area contributed by atoms with Gasteiger partial charge in [-0.05, 0) is 30.7 Å². The van der Waals surface area contributed by atoms with Crippen molar-refractivity contribution in [1.82, 2.24) is 20.9 Å². The molecule has 6 nitrogen and oxygen atoms in total. The van der Waals surface area contributed by atoms with E-state index < -0.39 is 5.41 Å². The van der Waals surface area contributed by atoms with Crippen molar-refractivity contribution in [3.05, 3.63) is 35.4 Å². The van der Waals surface area contributed by atoms with Crippen LogP contribution >= 0.6 is 0 Å². The Hall–Kier alpha value is -1.92. The number of hydrogen-bond acceptors (Lipinski definition) is 4. The summed E-state index contributed by atoms with van der Waals surface area (Å²) in [7, 11) is 0. The lowest BCUT2D eigenvalue weighted by atomic mass is 9.95. The van der Waals surface area contributed by atoms with Crippen molar-refractivity contribution in [1.29, 1.82) is 0 Å².